The number of carbonyl (C=O) groups is 1. The summed E-state index contributed by atoms with van der Waals surface area (Å²) in [5.41, 5.74) is 2.17. The van der Waals surface area contributed by atoms with Gasteiger partial charge in [0.05, 0.1) is 7.11 Å². The number of nitrogens with one attached hydrogen (secondary N) is 1. The maximum Gasteiger partial charge on any atom is 0.242 e. The second-order valence-corrected chi connectivity index (χ2v) is 6.36. The van der Waals surface area contributed by atoms with Crippen molar-refractivity contribution in [3.8, 4) is 5.75 Å². The van der Waals surface area contributed by atoms with E-state index in [2.05, 4.69) is 10.2 Å². The molecule has 0 bridgehead atoms. The number of amides is 1. The fourth-order valence-corrected chi connectivity index (χ4v) is 2.86. The first-order valence-electron chi connectivity index (χ1n) is 8.36. The monoisotopic (exact) mass is 324 g/mol. The van der Waals surface area contributed by atoms with Crippen molar-refractivity contribution in [2.45, 2.75) is 31.5 Å². The van der Waals surface area contributed by atoms with Gasteiger partial charge >= 0.3 is 0 Å². The first kappa shape index (κ1) is 16.5. The van der Waals surface area contributed by atoms with E-state index in [4.69, 9.17) is 4.74 Å². The van der Waals surface area contributed by atoms with Crippen LogP contribution >= 0.6 is 0 Å². The van der Waals surface area contributed by atoms with Gasteiger partial charge in [0.25, 0.3) is 0 Å². The lowest BCUT2D eigenvalue weighted by Crippen LogP contribution is -2.39. The number of carbonyl (C=O) groups excluding carboxylic acids is 1. The van der Waals surface area contributed by atoms with E-state index in [-0.39, 0.29) is 11.9 Å². The summed E-state index contributed by atoms with van der Waals surface area (Å²) in [6, 6.07) is 18.0. The van der Waals surface area contributed by atoms with Gasteiger partial charge in [0.2, 0.25) is 5.91 Å². The van der Waals surface area contributed by atoms with Crippen LogP contribution in [0.15, 0.2) is 54.6 Å². The van der Waals surface area contributed by atoms with E-state index < -0.39 is 0 Å². The van der Waals surface area contributed by atoms with E-state index in [1.54, 1.807) is 7.11 Å². The average Bonchev–Trinajstić information content (AvgIpc) is 3.40. The molecule has 0 radical (unpaired) electrons. The van der Waals surface area contributed by atoms with Gasteiger partial charge in [-0.25, -0.2) is 0 Å². The summed E-state index contributed by atoms with van der Waals surface area (Å²) in [4.78, 5) is 14.8. The maximum absolute atomic E-state index is 12.8. The summed E-state index contributed by atoms with van der Waals surface area (Å²) in [5, 5.41) is 3.14. The van der Waals surface area contributed by atoms with E-state index in [1.165, 1.54) is 0 Å². The van der Waals surface area contributed by atoms with Crippen LogP contribution in [-0.4, -0.2) is 31.0 Å². The first-order valence-corrected chi connectivity index (χ1v) is 8.36. The van der Waals surface area contributed by atoms with Crippen LogP contribution in [0, 0.1) is 0 Å². The van der Waals surface area contributed by atoms with Crippen molar-refractivity contribution < 1.29 is 9.53 Å². The molecule has 1 fully saturated rings. The molecule has 0 aliphatic heterocycles. The second-order valence-electron chi connectivity index (χ2n) is 6.36. The molecule has 24 heavy (non-hydrogen) atoms. The number of benzene rings is 2. The number of nitrogens with zero attached hydrogens (tertiary/aromatic N) is 1. The van der Waals surface area contributed by atoms with Crippen LogP contribution in [0.1, 0.15) is 30.0 Å². The zero-order valence-corrected chi connectivity index (χ0v) is 14.2. The Hall–Kier alpha value is -2.33. The molecule has 0 spiro atoms. The predicted octanol–water partition coefficient (Wildman–Crippen LogP) is 3.15. The van der Waals surface area contributed by atoms with Gasteiger partial charge in [-0.05, 0) is 43.1 Å². The molecule has 126 valence electrons. The van der Waals surface area contributed by atoms with Crippen LogP contribution in [0.3, 0.4) is 0 Å². The molecule has 1 aliphatic rings. The van der Waals surface area contributed by atoms with E-state index in [0.717, 1.165) is 29.7 Å². The molecule has 1 atom stereocenters. The molecule has 0 saturated heterocycles. The normalized spacial score (nSPS) is 15.1. The summed E-state index contributed by atoms with van der Waals surface area (Å²) in [6.45, 7) is 0.696. The molecule has 3 rings (SSSR count). The minimum Gasteiger partial charge on any atom is -0.497 e. The van der Waals surface area contributed by atoms with Gasteiger partial charge < -0.3 is 10.1 Å². The average molecular weight is 324 g/mol. The van der Waals surface area contributed by atoms with Gasteiger partial charge in [0.15, 0.2) is 0 Å². The highest BCUT2D eigenvalue weighted by Crippen LogP contribution is 2.25. The summed E-state index contributed by atoms with van der Waals surface area (Å²) >= 11 is 0. The van der Waals surface area contributed by atoms with E-state index >= 15 is 0 Å². The van der Waals surface area contributed by atoms with Crippen LogP contribution in [0.25, 0.3) is 0 Å². The highest BCUT2D eigenvalue weighted by molar-refractivity contribution is 5.83. The lowest BCUT2D eigenvalue weighted by molar-refractivity contribution is -0.126. The molecule has 0 aromatic heterocycles. The van der Waals surface area contributed by atoms with Gasteiger partial charge in [-0.15, -0.1) is 0 Å². The van der Waals surface area contributed by atoms with Gasteiger partial charge in [0, 0.05) is 12.6 Å². The van der Waals surface area contributed by atoms with Crippen LogP contribution in [0.4, 0.5) is 0 Å². The Kier molecular flexibility index (Phi) is 5.16. The summed E-state index contributed by atoms with van der Waals surface area (Å²) in [5.74, 6) is 0.923. The SMILES string of the molecule is COc1ccc(CN(C)[C@@H](C(=O)NC2CC2)c2ccccc2)cc1. The molecule has 0 heterocycles. The molecule has 1 amide bonds. The van der Waals surface area contributed by atoms with E-state index in [0.29, 0.717) is 12.6 Å². The smallest absolute Gasteiger partial charge is 0.242 e. The molecule has 1 N–H and O–H groups in total. The third-order valence-electron chi connectivity index (χ3n) is 4.32. The molecular formula is C20H24N2O2. The third-order valence-corrected chi connectivity index (χ3v) is 4.32. The Morgan fingerprint density at radius 1 is 1.17 bits per heavy atom. The van der Waals surface area contributed by atoms with Crippen molar-refractivity contribution in [1.82, 2.24) is 10.2 Å². The Labute approximate surface area is 143 Å². The van der Waals surface area contributed by atoms with Crippen molar-refractivity contribution >= 4 is 5.91 Å². The fourth-order valence-electron chi connectivity index (χ4n) is 2.86. The van der Waals surface area contributed by atoms with Gasteiger partial charge in [-0.1, -0.05) is 42.5 Å². The van der Waals surface area contributed by atoms with Crippen LogP contribution in [0.2, 0.25) is 0 Å². The highest BCUT2D eigenvalue weighted by atomic mass is 16.5. The number of methoxy groups -OCH3 is 1. The Balaban J connectivity index is 1.76. The standard InChI is InChI=1S/C20H24N2O2/c1-22(14-15-8-12-18(24-2)13-9-15)19(16-6-4-3-5-7-16)20(23)21-17-10-11-17/h3-9,12-13,17,19H,10-11,14H2,1-2H3,(H,21,23)/t19-/m1/s1. The van der Waals surface area contributed by atoms with Gasteiger partial charge in [-0.2, -0.15) is 0 Å². The lowest BCUT2D eigenvalue weighted by Gasteiger charge is -2.27. The highest BCUT2D eigenvalue weighted by Gasteiger charge is 2.30. The Bertz CT molecular complexity index is 666. The van der Waals surface area contributed by atoms with Crippen molar-refractivity contribution in [1.29, 1.82) is 0 Å². The fraction of sp³-hybridized carbons (Fsp3) is 0.350. The number of ether oxygens (including phenoxy) is 1. The molecule has 1 saturated carbocycles. The van der Waals surface area contributed by atoms with Crippen LogP contribution in [-0.2, 0) is 11.3 Å². The Morgan fingerprint density at radius 2 is 1.83 bits per heavy atom. The molecule has 0 unspecified atom stereocenters. The van der Waals surface area contributed by atoms with Crippen molar-refractivity contribution in [3.63, 3.8) is 0 Å². The predicted molar refractivity (Wildman–Crippen MR) is 94.8 cm³/mol. The molecular weight excluding hydrogens is 300 g/mol. The third kappa shape index (κ3) is 4.15. The first-order chi connectivity index (χ1) is 11.7. The number of hydrogen-bond donors (Lipinski definition) is 1. The van der Waals surface area contributed by atoms with E-state index in [9.17, 15) is 4.79 Å². The van der Waals surface area contributed by atoms with Crippen molar-refractivity contribution in [2.75, 3.05) is 14.2 Å². The van der Waals surface area contributed by atoms with Crippen molar-refractivity contribution in [3.05, 3.63) is 65.7 Å². The quantitative estimate of drug-likeness (QED) is 0.851. The Morgan fingerprint density at radius 3 is 2.42 bits per heavy atom. The maximum atomic E-state index is 12.8. The minimum absolute atomic E-state index is 0.0831. The van der Waals surface area contributed by atoms with Crippen LogP contribution in [0.5, 0.6) is 5.75 Å². The molecule has 2 aromatic rings. The summed E-state index contributed by atoms with van der Waals surface area (Å²) in [6.07, 6.45) is 2.19. The number of likely N-dealkylation sites (N-methyl/N-ethyl adjacent to an activating group) is 1. The molecule has 2 aromatic carbocycles. The zero-order valence-electron chi connectivity index (χ0n) is 14.2. The summed E-state index contributed by atoms with van der Waals surface area (Å²) in [7, 11) is 3.66. The van der Waals surface area contributed by atoms with Gasteiger partial charge in [-0.3, -0.25) is 9.69 Å². The number of hydrogen-bond acceptors (Lipinski definition) is 3. The zero-order chi connectivity index (χ0) is 16.9. The lowest BCUT2D eigenvalue weighted by atomic mass is 10.0. The number of rotatable bonds is 7. The van der Waals surface area contributed by atoms with Crippen molar-refractivity contribution in [2.24, 2.45) is 0 Å². The molecule has 1 aliphatic carbocycles. The topological polar surface area (TPSA) is 41.6 Å². The van der Waals surface area contributed by atoms with E-state index in [1.807, 2.05) is 61.6 Å². The van der Waals surface area contributed by atoms with Crippen LogP contribution < -0.4 is 10.1 Å². The molecule has 4 nitrogen and oxygen atoms in total. The second kappa shape index (κ2) is 7.49. The largest absolute Gasteiger partial charge is 0.497 e. The minimum atomic E-state index is -0.283. The summed E-state index contributed by atoms with van der Waals surface area (Å²) < 4.78 is 5.20. The van der Waals surface area contributed by atoms with Gasteiger partial charge in [0.1, 0.15) is 11.8 Å². The molecule has 4 heteroatoms.